The Bertz CT molecular complexity index is 893. The topological polar surface area (TPSA) is 38.1 Å². The van der Waals surface area contributed by atoms with Gasteiger partial charge in [-0.05, 0) is 35.2 Å². The van der Waals surface area contributed by atoms with Crippen LogP contribution in [0, 0.1) is 0 Å². The summed E-state index contributed by atoms with van der Waals surface area (Å²) in [7, 11) is 0. The molecule has 0 saturated heterocycles. The van der Waals surface area contributed by atoms with Crippen LogP contribution in [0.3, 0.4) is 0 Å². The van der Waals surface area contributed by atoms with Crippen molar-refractivity contribution in [3.05, 3.63) is 90.0 Å². The van der Waals surface area contributed by atoms with Crippen molar-refractivity contribution in [1.29, 1.82) is 0 Å². The first kappa shape index (κ1) is 15.6. The van der Waals surface area contributed by atoms with Crippen molar-refractivity contribution in [1.82, 2.24) is 14.5 Å². The van der Waals surface area contributed by atoms with E-state index in [0.717, 1.165) is 18.7 Å². The Kier molecular flexibility index (Phi) is 4.30. The van der Waals surface area contributed by atoms with Gasteiger partial charge in [-0.15, -0.1) is 0 Å². The number of aromatic nitrogens is 2. The van der Waals surface area contributed by atoms with Gasteiger partial charge in [0, 0.05) is 37.2 Å². The summed E-state index contributed by atoms with van der Waals surface area (Å²) in [6, 6.07) is 17.3. The number of hydrogen-bond acceptors (Lipinski definition) is 3. The van der Waals surface area contributed by atoms with Gasteiger partial charge in [0.25, 0.3) is 0 Å². The molecule has 1 unspecified atom stereocenters. The van der Waals surface area contributed by atoms with E-state index in [4.69, 9.17) is 0 Å². The average molecular weight is 329 g/mol. The van der Waals surface area contributed by atoms with Crippen LogP contribution in [0.1, 0.15) is 22.7 Å². The van der Waals surface area contributed by atoms with E-state index in [1.54, 1.807) is 18.6 Å². The summed E-state index contributed by atoms with van der Waals surface area (Å²) >= 11 is 0. The molecule has 0 saturated carbocycles. The molecule has 1 atom stereocenters. The van der Waals surface area contributed by atoms with E-state index in [1.165, 1.54) is 16.7 Å². The zero-order valence-electron chi connectivity index (χ0n) is 13.9. The summed E-state index contributed by atoms with van der Waals surface area (Å²) in [6.07, 6.45) is 8.09. The molecular formula is C21H19N3O. The van der Waals surface area contributed by atoms with Gasteiger partial charge in [-0.2, -0.15) is 0 Å². The van der Waals surface area contributed by atoms with Crippen LogP contribution >= 0.6 is 0 Å². The number of hydrogen-bond donors (Lipinski definition) is 0. The lowest BCUT2D eigenvalue weighted by atomic mass is 9.88. The largest absolute Gasteiger partial charge is 0.306 e. The maximum atomic E-state index is 10.7. The molecule has 0 spiro atoms. The van der Waals surface area contributed by atoms with E-state index in [-0.39, 0.29) is 6.04 Å². The lowest BCUT2D eigenvalue weighted by Crippen LogP contribution is -2.36. The minimum absolute atomic E-state index is 0.159. The molecule has 3 aromatic rings. The third kappa shape index (κ3) is 3.05. The molecule has 4 nitrogen and oxygen atoms in total. The molecule has 2 aromatic carbocycles. The van der Waals surface area contributed by atoms with Crippen LogP contribution < -0.4 is 0 Å². The van der Waals surface area contributed by atoms with Crippen molar-refractivity contribution < 1.29 is 4.79 Å². The second-order valence-corrected chi connectivity index (χ2v) is 6.23. The van der Waals surface area contributed by atoms with Crippen LogP contribution in [0.2, 0.25) is 0 Å². The third-order valence-corrected chi connectivity index (χ3v) is 4.80. The normalized spacial score (nSPS) is 16.9. The van der Waals surface area contributed by atoms with Crippen molar-refractivity contribution in [3.63, 3.8) is 0 Å². The van der Waals surface area contributed by atoms with Crippen molar-refractivity contribution >= 4 is 5.94 Å². The van der Waals surface area contributed by atoms with Crippen LogP contribution in [-0.4, -0.2) is 33.5 Å². The maximum absolute atomic E-state index is 10.7. The van der Waals surface area contributed by atoms with Gasteiger partial charge in [0.2, 0.25) is 0 Å². The quantitative estimate of drug-likeness (QED) is 0.690. The van der Waals surface area contributed by atoms with E-state index in [2.05, 4.69) is 58.4 Å². The predicted molar refractivity (Wildman–Crippen MR) is 97.4 cm³/mol. The fraction of sp³-hybridized carbons (Fsp3) is 0.190. The second-order valence-electron chi connectivity index (χ2n) is 6.23. The number of rotatable bonds is 4. The predicted octanol–water partition coefficient (Wildman–Crippen LogP) is 3.21. The Balaban J connectivity index is 1.72. The van der Waals surface area contributed by atoms with Gasteiger partial charge in [-0.1, -0.05) is 36.4 Å². The van der Waals surface area contributed by atoms with Crippen LogP contribution in [-0.2, 0) is 11.2 Å². The summed E-state index contributed by atoms with van der Waals surface area (Å²) in [6.45, 7) is 1.55. The summed E-state index contributed by atoms with van der Waals surface area (Å²) in [5.41, 5.74) is 5.03. The molecule has 0 bridgehead atoms. The standard InChI is InChI=1S/C21H19N3O/c25-15-3-12-23-13-10-17-4-1-2-5-20(17)21(23)18-6-8-19(9-7-18)24-14-11-22-16-24/h1-9,11,14,16,21H,10,12-13H2. The Morgan fingerprint density at radius 1 is 1.16 bits per heavy atom. The van der Waals surface area contributed by atoms with Crippen LogP contribution in [0.15, 0.2) is 73.3 Å². The number of benzene rings is 2. The summed E-state index contributed by atoms with van der Waals surface area (Å²) in [5, 5.41) is 0. The first-order chi connectivity index (χ1) is 12.4. The van der Waals surface area contributed by atoms with Gasteiger partial charge in [-0.3, -0.25) is 4.90 Å². The zero-order valence-corrected chi connectivity index (χ0v) is 13.9. The fourth-order valence-electron chi connectivity index (χ4n) is 3.60. The van der Waals surface area contributed by atoms with Gasteiger partial charge in [0.05, 0.1) is 12.4 Å². The molecule has 1 aliphatic rings. The van der Waals surface area contributed by atoms with Crippen molar-refractivity contribution in [2.75, 3.05) is 13.1 Å². The number of nitrogens with zero attached hydrogens (tertiary/aromatic N) is 3. The van der Waals surface area contributed by atoms with Crippen molar-refractivity contribution in [2.24, 2.45) is 0 Å². The van der Waals surface area contributed by atoms with Gasteiger partial charge in [0.1, 0.15) is 5.94 Å². The molecule has 0 N–H and O–H groups in total. The Hall–Kier alpha value is -2.94. The zero-order chi connectivity index (χ0) is 17.1. The van der Waals surface area contributed by atoms with E-state index in [9.17, 15) is 4.79 Å². The van der Waals surface area contributed by atoms with Gasteiger partial charge in [-0.25, -0.2) is 9.78 Å². The molecule has 4 rings (SSSR count). The minimum atomic E-state index is 0.159. The first-order valence-corrected chi connectivity index (χ1v) is 8.46. The number of carbonyl (C=O) groups excluding carboxylic acids is 1. The monoisotopic (exact) mass is 329 g/mol. The molecule has 2 heterocycles. The lowest BCUT2D eigenvalue weighted by molar-refractivity contribution is 0.237. The van der Waals surface area contributed by atoms with E-state index < -0.39 is 0 Å². The Morgan fingerprint density at radius 3 is 2.76 bits per heavy atom. The SMILES string of the molecule is O=C=CCN1CCc2ccccc2C1c1ccc(-n2ccnc2)cc1. The maximum Gasteiger partial charge on any atom is 0.121 e. The molecule has 0 amide bonds. The molecule has 0 radical (unpaired) electrons. The molecule has 124 valence electrons. The molecule has 4 heteroatoms. The first-order valence-electron chi connectivity index (χ1n) is 8.46. The van der Waals surface area contributed by atoms with E-state index in [1.807, 2.05) is 16.7 Å². The number of imidazole rings is 1. The highest BCUT2D eigenvalue weighted by molar-refractivity contribution is 5.46. The highest BCUT2D eigenvalue weighted by Crippen LogP contribution is 2.35. The third-order valence-electron chi connectivity index (χ3n) is 4.80. The summed E-state index contributed by atoms with van der Waals surface area (Å²) < 4.78 is 1.99. The molecule has 1 aromatic heterocycles. The molecule has 0 aliphatic carbocycles. The summed E-state index contributed by atoms with van der Waals surface area (Å²) in [5.74, 6) is 1.91. The average Bonchev–Trinajstić information content (AvgIpc) is 3.21. The van der Waals surface area contributed by atoms with Crippen LogP contribution in [0.4, 0.5) is 0 Å². The van der Waals surface area contributed by atoms with E-state index in [0.29, 0.717) is 6.54 Å². The van der Waals surface area contributed by atoms with Crippen LogP contribution in [0.5, 0.6) is 0 Å². The highest BCUT2D eigenvalue weighted by Gasteiger charge is 2.27. The molecule has 0 fully saturated rings. The van der Waals surface area contributed by atoms with Crippen molar-refractivity contribution in [3.8, 4) is 5.69 Å². The van der Waals surface area contributed by atoms with Crippen LogP contribution in [0.25, 0.3) is 5.69 Å². The van der Waals surface area contributed by atoms with Gasteiger partial charge in [0.15, 0.2) is 0 Å². The van der Waals surface area contributed by atoms with E-state index >= 15 is 0 Å². The van der Waals surface area contributed by atoms with Gasteiger partial charge >= 0.3 is 0 Å². The minimum Gasteiger partial charge on any atom is -0.306 e. The Labute approximate surface area is 147 Å². The highest BCUT2D eigenvalue weighted by atomic mass is 16.1. The smallest absolute Gasteiger partial charge is 0.121 e. The Morgan fingerprint density at radius 2 is 2.00 bits per heavy atom. The van der Waals surface area contributed by atoms with Gasteiger partial charge < -0.3 is 4.57 Å². The molecule has 1 aliphatic heterocycles. The lowest BCUT2D eigenvalue weighted by Gasteiger charge is -2.37. The van der Waals surface area contributed by atoms with Crippen molar-refractivity contribution in [2.45, 2.75) is 12.5 Å². The molecule has 25 heavy (non-hydrogen) atoms. The number of fused-ring (bicyclic) bond motifs is 1. The summed E-state index contributed by atoms with van der Waals surface area (Å²) in [4.78, 5) is 17.1. The second kappa shape index (κ2) is 6.89. The fourth-order valence-corrected chi connectivity index (χ4v) is 3.60. The molecular weight excluding hydrogens is 310 g/mol.